The summed E-state index contributed by atoms with van der Waals surface area (Å²) in [5.74, 6) is -4.00. The summed E-state index contributed by atoms with van der Waals surface area (Å²) in [6, 6.07) is 0. The fourth-order valence-electron chi connectivity index (χ4n) is 2.97. The van der Waals surface area contributed by atoms with Gasteiger partial charge in [-0.1, -0.05) is 52.9 Å². The summed E-state index contributed by atoms with van der Waals surface area (Å²) in [5.41, 5.74) is -2.34. The van der Waals surface area contributed by atoms with E-state index in [1.807, 2.05) is 20.8 Å². The maximum atomic E-state index is 12.1. The van der Waals surface area contributed by atoms with Crippen molar-refractivity contribution < 1.29 is 29.7 Å². The van der Waals surface area contributed by atoms with Crippen molar-refractivity contribution in [3.63, 3.8) is 0 Å². The molecule has 6 heteroatoms. The number of carboxylic acid groups (broad SMARTS) is 3. The summed E-state index contributed by atoms with van der Waals surface area (Å²) in [5, 5.41) is 29.1. The molecule has 6 nitrogen and oxygen atoms in total. The Balaban J connectivity index is 6.38. The van der Waals surface area contributed by atoms with Gasteiger partial charge in [-0.15, -0.1) is 0 Å². The number of unbranched alkanes of at least 4 members (excludes halogenated alkanes) is 3. The van der Waals surface area contributed by atoms with Crippen molar-refractivity contribution in [2.24, 2.45) is 5.41 Å². The molecule has 24 heavy (non-hydrogen) atoms. The van der Waals surface area contributed by atoms with Crippen molar-refractivity contribution in [3.05, 3.63) is 11.1 Å². The molecule has 0 aromatic carbocycles. The zero-order chi connectivity index (χ0) is 18.8. The Hall–Kier alpha value is -1.85. The average Bonchev–Trinajstić information content (AvgIpc) is 2.51. The van der Waals surface area contributed by atoms with E-state index in [0.29, 0.717) is 38.5 Å². The van der Waals surface area contributed by atoms with Crippen molar-refractivity contribution >= 4 is 17.9 Å². The Morgan fingerprint density at radius 2 is 1.21 bits per heavy atom. The van der Waals surface area contributed by atoms with Gasteiger partial charge >= 0.3 is 17.9 Å². The first-order valence-corrected chi connectivity index (χ1v) is 8.72. The lowest BCUT2D eigenvalue weighted by molar-refractivity contribution is -0.151. The molecule has 0 heterocycles. The van der Waals surface area contributed by atoms with Gasteiger partial charge in [0.2, 0.25) is 0 Å². The van der Waals surface area contributed by atoms with E-state index in [9.17, 15) is 29.7 Å². The second kappa shape index (κ2) is 10.8. The summed E-state index contributed by atoms with van der Waals surface area (Å²) in [7, 11) is 0. The fourth-order valence-corrected chi connectivity index (χ4v) is 2.97. The third kappa shape index (κ3) is 5.65. The highest BCUT2D eigenvalue weighted by Crippen LogP contribution is 2.42. The Morgan fingerprint density at radius 3 is 1.50 bits per heavy atom. The van der Waals surface area contributed by atoms with Crippen molar-refractivity contribution in [3.8, 4) is 0 Å². The molecule has 0 aromatic rings. The van der Waals surface area contributed by atoms with Crippen LogP contribution in [0.25, 0.3) is 0 Å². The van der Waals surface area contributed by atoms with Crippen LogP contribution in [0.5, 0.6) is 0 Å². The highest BCUT2D eigenvalue weighted by molar-refractivity contribution is 6.04. The largest absolute Gasteiger partial charge is 0.481 e. The van der Waals surface area contributed by atoms with Gasteiger partial charge in [0, 0.05) is 5.57 Å². The Kier molecular flexibility index (Phi) is 10.0. The maximum absolute atomic E-state index is 12.1. The number of hydrogen-bond acceptors (Lipinski definition) is 3. The molecular weight excluding hydrogens is 312 g/mol. The second-order valence-corrected chi connectivity index (χ2v) is 6.16. The number of aliphatic carboxylic acids is 3. The predicted molar refractivity (Wildman–Crippen MR) is 90.9 cm³/mol. The quantitative estimate of drug-likeness (QED) is 0.435. The molecule has 0 aliphatic heterocycles. The first kappa shape index (κ1) is 22.1. The lowest BCUT2D eigenvalue weighted by Gasteiger charge is -2.31. The van der Waals surface area contributed by atoms with Crippen molar-refractivity contribution in [1.82, 2.24) is 0 Å². The van der Waals surface area contributed by atoms with Gasteiger partial charge in [0.1, 0.15) is 5.41 Å². The first-order chi connectivity index (χ1) is 11.3. The summed E-state index contributed by atoms with van der Waals surface area (Å²) in [6.07, 6.45) is 4.06. The van der Waals surface area contributed by atoms with Crippen LogP contribution < -0.4 is 0 Å². The van der Waals surface area contributed by atoms with Crippen LogP contribution in [0.4, 0.5) is 0 Å². The first-order valence-electron chi connectivity index (χ1n) is 8.72. The van der Waals surface area contributed by atoms with Gasteiger partial charge in [-0.05, 0) is 25.7 Å². The average molecular weight is 342 g/mol. The number of rotatable bonds is 13. The molecule has 0 spiro atoms. The lowest BCUT2D eigenvalue weighted by atomic mass is 9.70. The molecule has 0 aliphatic rings. The van der Waals surface area contributed by atoms with Gasteiger partial charge in [0.15, 0.2) is 0 Å². The zero-order valence-corrected chi connectivity index (χ0v) is 14.9. The van der Waals surface area contributed by atoms with Crippen molar-refractivity contribution in [1.29, 1.82) is 0 Å². The number of carbonyl (C=O) groups is 3. The third-order valence-corrected chi connectivity index (χ3v) is 4.36. The molecular formula is C18H30O6. The van der Waals surface area contributed by atoms with Crippen LogP contribution in [0, 0.1) is 5.41 Å². The van der Waals surface area contributed by atoms with E-state index in [4.69, 9.17) is 0 Å². The molecule has 0 atom stereocenters. The van der Waals surface area contributed by atoms with Crippen LogP contribution in [0.15, 0.2) is 11.1 Å². The molecule has 0 radical (unpaired) electrons. The maximum Gasteiger partial charge on any atom is 0.333 e. The van der Waals surface area contributed by atoms with Gasteiger partial charge in [-0.3, -0.25) is 4.79 Å². The number of carboxylic acids is 3. The summed E-state index contributed by atoms with van der Waals surface area (Å²) >= 11 is 0. The van der Waals surface area contributed by atoms with E-state index < -0.39 is 28.9 Å². The van der Waals surface area contributed by atoms with Crippen LogP contribution in [0.3, 0.4) is 0 Å². The highest BCUT2D eigenvalue weighted by atomic mass is 16.4. The molecule has 0 unspecified atom stereocenters. The molecule has 0 saturated carbocycles. The van der Waals surface area contributed by atoms with Gasteiger partial charge in [0.05, 0.1) is 5.57 Å². The minimum Gasteiger partial charge on any atom is -0.481 e. The van der Waals surface area contributed by atoms with Gasteiger partial charge in [0.25, 0.3) is 0 Å². The zero-order valence-electron chi connectivity index (χ0n) is 14.9. The van der Waals surface area contributed by atoms with Gasteiger partial charge < -0.3 is 15.3 Å². The standard InChI is InChI=1S/C18H30O6/c1-4-7-10-13(15(19)20)14(16(21)22)18(17(23)24,11-8-5-2)12-9-6-3/h4-12H2,1-3H3,(H,19,20)(H,21,22)(H,23,24). The smallest absolute Gasteiger partial charge is 0.333 e. The monoisotopic (exact) mass is 342 g/mol. The molecule has 0 saturated heterocycles. The molecule has 3 N–H and O–H groups in total. The van der Waals surface area contributed by atoms with E-state index in [-0.39, 0.29) is 24.8 Å². The molecule has 0 aromatic heterocycles. The minimum atomic E-state index is -1.64. The van der Waals surface area contributed by atoms with E-state index in [1.165, 1.54) is 0 Å². The number of hydrogen-bond donors (Lipinski definition) is 3. The molecule has 0 rings (SSSR count). The molecule has 0 fully saturated rings. The third-order valence-electron chi connectivity index (χ3n) is 4.36. The van der Waals surface area contributed by atoms with Crippen molar-refractivity contribution in [2.75, 3.05) is 0 Å². The summed E-state index contributed by atoms with van der Waals surface area (Å²) in [6.45, 7) is 5.66. The van der Waals surface area contributed by atoms with Crippen LogP contribution in [0.2, 0.25) is 0 Å². The fraction of sp³-hybridized carbons (Fsp3) is 0.722. The van der Waals surface area contributed by atoms with E-state index in [0.717, 1.165) is 0 Å². The highest BCUT2D eigenvalue weighted by Gasteiger charge is 2.46. The summed E-state index contributed by atoms with van der Waals surface area (Å²) in [4.78, 5) is 35.6. The van der Waals surface area contributed by atoms with Crippen LogP contribution in [0.1, 0.15) is 78.6 Å². The predicted octanol–water partition coefficient (Wildman–Crippen LogP) is 4.09. The lowest BCUT2D eigenvalue weighted by Crippen LogP contribution is -2.38. The SMILES string of the molecule is CCCCC(C(=O)O)=C(C(=O)O)C(CCCC)(CCCC)C(=O)O. The van der Waals surface area contributed by atoms with Crippen LogP contribution >= 0.6 is 0 Å². The van der Waals surface area contributed by atoms with Crippen LogP contribution in [-0.2, 0) is 14.4 Å². The Labute approximate surface area is 143 Å². The van der Waals surface area contributed by atoms with Gasteiger partial charge in [-0.2, -0.15) is 0 Å². The van der Waals surface area contributed by atoms with Gasteiger partial charge in [-0.25, -0.2) is 9.59 Å². The minimum absolute atomic E-state index is 0.0702. The molecule has 0 amide bonds. The normalized spacial score (nSPS) is 12.6. The van der Waals surface area contributed by atoms with E-state index >= 15 is 0 Å². The van der Waals surface area contributed by atoms with E-state index in [2.05, 4.69) is 0 Å². The van der Waals surface area contributed by atoms with E-state index in [1.54, 1.807) is 0 Å². The van der Waals surface area contributed by atoms with Crippen LogP contribution in [-0.4, -0.2) is 33.2 Å². The Morgan fingerprint density at radius 1 is 0.750 bits per heavy atom. The summed E-state index contributed by atoms with van der Waals surface area (Å²) < 4.78 is 0. The molecule has 0 aliphatic carbocycles. The molecule has 138 valence electrons. The van der Waals surface area contributed by atoms with Crippen molar-refractivity contribution in [2.45, 2.75) is 78.6 Å². The second-order valence-electron chi connectivity index (χ2n) is 6.16. The topological polar surface area (TPSA) is 112 Å². The molecule has 0 bridgehead atoms. The Bertz CT molecular complexity index is 470.